The Morgan fingerprint density at radius 3 is 2.18 bits per heavy atom. The smallest absolute Gasteiger partial charge is 0.243 e. The van der Waals surface area contributed by atoms with Gasteiger partial charge in [-0.1, -0.05) is 72.8 Å². The number of hydrogen-bond acceptors (Lipinski definition) is 4. The van der Waals surface area contributed by atoms with Gasteiger partial charge in [0.05, 0.1) is 6.42 Å². The molecular weight excluding hydrogens is 492 g/mol. The fourth-order valence-electron chi connectivity index (χ4n) is 4.18. The average Bonchev–Trinajstić information content (AvgIpc) is 2.89. The van der Waals surface area contributed by atoms with Crippen molar-refractivity contribution >= 4 is 34.4 Å². The zero-order valence-corrected chi connectivity index (χ0v) is 22.9. The summed E-state index contributed by atoms with van der Waals surface area (Å²) >= 11 is 0. The topological polar surface area (TPSA) is 116 Å². The molecule has 0 saturated heterocycles. The van der Waals surface area contributed by atoms with E-state index in [1.165, 1.54) is 0 Å². The zero-order chi connectivity index (χ0) is 28.3. The van der Waals surface area contributed by atoms with E-state index in [1.807, 2.05) is 93.6 Å². The maximum absolute atomic E-state index is 12.9. The van der Waals surface area contributed by atoms with E-state index in [2.05, 4.69) is 21.3 Å². The van der Waals surface area contributed by atoms with Crippen molar-refractivity contribution in [1.29, 1.82) is 0 Å². The van der Waals surface area contributed by atoms with Crippen molar-refractivity contribution in [2.24, 2.45) is 0 Å². The Morgan fingerprint density at radius 1 is 0.744 bits per heavy atom. The second-order valence-electron chi connectivity index (χ2n) is 10.6. The van der Waals surface area contributed by atoms with Crippen LogP contribution in [0.3, 0.4) is 0 Å². The van der Waals surface area contributed by atoms with Crippen LogP contribution in [-0.2, 0) is 32.1 Å². The number of amides is 4. The maximum atomic E-state index is 12.9. The molecule has 8 heteroatoms. The number of nitrogens with one attached hydrogen (secondary N) is 4. The monoisotopic (exact) mass is 530 g/mol. The van der Waals surface area contributed by atoms with Crippen LogP contribution in [0.2, 0.25) is 0 Å². The van der Waals surface area contributed by atoms with Crippen molar-refractivity contribution in [2.75, 3.05) is 6.54 Å². The molecule has 0 saturated carbocycles. The Hall–Kier alpha value is -4.20. The van der Waals surface area contributed by atoms with Crippen LogP contribution in [-0.4, -0.2) is 41.8 Å². The van der Waals surface area contributed by atoms with Gasteiger partial charge in [-0.15, -0.1) is 0 Å². The fourth-order valence-corrected chi connectivity index (χ4v) is 4.18. The molecule has 8 nitrogen and oxygen atoms in total. The molecule has 0 radical (unpaired) electrons. The molecule has 3 aromatic carbocycles. The van der Waals surface area contributed by atoms with Crippen molar-refractivity contribution < 1.29 is 19.2 Å². The van der Waals surface area contributed by atoms with Crippen LogP contribution < -0.4 is 21.3 Å². The molecule has 3 rings (SSSR count). The van der Waals surface area contributed by atoms with Gasteiger partial charge in [-0.05, 0) is 49.1 Å². The Balaban J connectivity index is 1.50. The molecule has 0 aliphatic carbocycles. The molecule has 0 aliphatic rings. The lowest BCUT2D eigenvalue weighted by atomic mass is 10.0. The first-order chi connectivity index (χ1) is 18.6. The summed E-state index contributed by atoms with van der Waals surface area (Å²) in [5.41, 5.74) is 1.54. The highest BCUT2D eigenvalue weighted by atomic mass is 16.2. The summed E-state index contributed by atoms with van der Waals surface area (Å²) in [6.07, 6.45) is 0.574. The lowest BCUT2D eigenvalue weighted by molar-refractivity contribution is -0.132. The lowest BCUT2D eigenvalue weighted by Gasteiger charge is -2.23. The SMILES string of the molecule is CC(C)(C)NC(=O)C[C@H](NC(=O)CCc1ccccc1)C(=O)NCCC(=O)NCc1cccc2ccccc12. The third-order valence-electron chi connectivity index (χ3n) is 6.05. The van der Waals surface area contributed by atoms with E-state index >= 15 is 0 Å². The quantitative estimate of drug-likeness (QED) is 0.287. The first-order valence-electron chi connectivity index (χ1n) is 13.3. The summed E-state index contributed by atoms with van der Waals surface area (Å²) < 4.78 is 0. The van der Waals surface area contributed by atoms with Gasteiger partial charge in [-0.3, -0.25) is 19.2 Å². The number of aryl methyl sites for hydroxylation is 1. The first kappa shape index (κ1) is 29.4. The molecule has 3 aromatic rings. The van der Waals surface area contributed by atoms with Gasteiger partial charge in [-0.2, -0.15) is 0 Å². The highest BCUT2D eigenvalue weighted by molar-refractivity contribution is 5.92. The Kier molecular flexibility index (Phi) is 10.6. The van der Waals surface area contributed by atoms with Gasteiger partial charge in [0, 0.05) is 31.5 Å². The minimum Gasteiger partial charge on any atom is -0.354 e. The summed E-state index contributed by atoms with van der Waals surface area (Å²) in [7, 11) is 0. The predicted molar refractivity (Wildman–Crippen MR) is 153 cm³/mol. The second-order valence-corrected chi connectivity index (χ2v) is 10.6. The lowest BCUT2D eigenvalue weighted by Crippen LogP contribution is -2.51. The van der Waals surface area contributed by atoms with E-state index in [1.54, 1.807) is 0 Å². The predicted octanol–water partition coefficient (Wildman–Crippen LogP) is 3.38. The molecule has 0 aromatic heterocycles. The van der Waals surface area contributed by atoms with Crippen LogP contribution in [0.1, 0.15) is 51.2 Å². The Morgan fingerprint density at radius 2 is 1.44 bits per heavy atom. The first-order valence-corrected chi connectivity index (χ1v) is 13.3. The molecule has 0 bridgehead atoms. The van der Waals surface area contributed by atoms with Gasteiger partial charge in [0.1, 0.15) is 6.04 Å². The van der Waals surface area contributed by atoms with Crippen LogP contribution >= 0.6 is 0 Å². The Bertz CT molecular complexity index is 1280. The van der Waals surface area contributed by atoms with Gasteiger partial charge in [-0.25, -0.2) is 0 Å². The van der Waals surface area contributed by atoms with Crippen molar-refractivity contribution in [1.82, 2.24) is 21.3 Å². The van der Waals surface area contributed by atoms with Gasteiger partial charge < -0.3 is 21.3 Å². The number of fused-ring (bicyclic) bond motifs is 1. The molecule has 0 aliphatic heterocycles. The van der Waals surface area contributed by atoms with Gasteiger partial charge in [0.2, 0.25) is 23.6 Å². The molecule has 206 valence electrons. The number of carbonyl (C=O) groups excluding carboxylic acids is 4. The van der Waals surface area contributed by atoms with Crippen molar-refractivity contribution in [3.05, 3.63) is 83.9 Å². The van der Waals surface area contributed by atoms with Crippen LogP contribution in [0.4, 0.5) is 0 Å². The van der Waals surface area contributed by atoms with Crippen molar-refractivity contribution in [3.8, 4) is 0 Å². The van der Waals surface area contributed by atoms with E-state index < -0.39 is 17.5 Å². The normalized spacial score (nSPS) is 11.9. The summed E-state index contributed by atoms with van der Waals surface area (Å²) in [5.74, 6) is -1.39. The summed E-state index contributed by atoms with van der Waals surface area (Å²) in [6, 6.07) is 22.4. The van der Waals surface area contributed by atoms with Crippen LogP contribution in [0, 0.1) is 0 Å². The third kappa shape index (κ3) is 10.2. The molecule has 4 N–H and O–H groups in total. The van der Waals surface area contributed by atoms with Gasteiger partial charge >= 0.3 is 0 Å². The fraction of sp³-hybridized carbons (Fsp3) is 0.355. The molecular formula is C31H38N4O4. The molecule has 0 spiro atoms. The Labute approximate surface area is 229 Å². The molecule has 1 atom stereocenters. The van der Waals surface area contributed by atoms with E-state index in [9.17, 15) is 19.2 Å². The molecule has 0 unspecified atom stereocenters. The van der Waals surface area contributed by atoms with Crippen LogP contribution in [0.5, 0.6) is 0 Å². The number of benzene rings is 3. The zero-order valence-electron chi connectivity index (χ0n) is 22.9. The summed E-state index contributed by atoms with van der Waals surface area (Å²) in [6.45, 7) is 5.98. The molecule has 0 heterocycles. The van der Waals surface area contributed by atoms with E-state index in [0.29, 0.717) is 13.0 Å². The van der Waals surface area contributed by atoms with Crippen molar-refractivity contribution in [2.45, 2.75) is 64.6 Å². The van der Waals surface area contributed by atoms with E-state index in [0.717, 1.165) is 21.9 Å². The molecule has 39 heavy (non-hydrogen) atoms. The highest BCUT2D eigenvalue weighted by Gasteiger charge is 2.25. The number of hydrogen-bond donors (Lipinski definition) is 4. The summed E-state index contributed by atoms with van der Waals surface area (Å²) in [5, 5.41) is 13.3. The van der Waals surface area contributed by atoms with Crippen molar-refractivity contribution in [3.63, 3.8) is 0 Å². The second kappa shape index (κ2) is 14.1. The number of carbonyl (C=O) groups is 4. The van der Waals surface area contributed by atoms with E-state index in [4.69, 9.17) is 0 Å². The molecule has 0 fully saturated rings. The maximum Gasteiger partial charge on any atom is 0.243 e. The van der Waals surface area contributed by atoms with Gasteiger partial charge in [0.25, 0.3) is 0 Å². The summed E-state index contributed by atoms with van der Waals surface area (Å²) in [4.78, 5) is 50.5. The standard InChI is InChI=1S/C31H38N4O4/c1-31(2,3)35-29(38)20-26(34-28(37)17-16-22-10-5-4-6-11-22)30(39)32-19-18-27(36)33-21-24-14-9-13-23-12-7-8-15-25(23)24/h4-15,26H,16-21H2,1-3H3,(H,32,39)(H,33,36)(H,34,37)(H,35,38)/t26-/m0/s1. The van der Waals surface area contributed by atoms with E-state index in [-0.39, 0.29) is 43.5 Å². The highest BCUT2D eigenvalue weighted by Crippen LogP contribution is 2.18. The minimum atomic E-state index is -1.05. The van der Waals surface area contributed by atoms with Crippen LogP contribution in [0.15, 0.2) is 72.8 Å². The molecule has 4 amide bonds. The average molecular weight is 531 g/mol. The van der Waals surface area contributed by atoms with Crippen LogP contribution in [0.25, 0.3) is 10.8 Å². The minimum absolute atomic E-state index is 0.0688. The number of rotatable bonds is 12. The van der Waals surface area contributed by atoms with Gasteiger partial charge in [0.15, 0.2) is 0 Å². The third-order valence-corrected chi connectivity index (χ3v) is 6.05. The largest absolute Gasteiger partial charge is 0.354 e.